The molecule has 3 aliphatic heterocycles. The molecule has 2 aromatic carbocycles. The molecule has 2 fully saturated rings. The zero-order valence-electron chi connectivity index (χ0n) is 29.8. The maximum absolute atomic E-state index is 14.7. The highest BCUT2D eigenvalue weighted by atomic mass is 35.5. The van der Waals surface area contributed by atoms with Gasteiger partial charge in [-0.2, -0.15) is 0 Å². The fourth-order valence-corrected chi connectivity index (χ4v) is 10.5. The Hall–Kier alpha value is -3.64. The van der Waals surface area contributed by atoms with Crippen molar-refractivity contribution in [1.29, 1.82) is 0 Å². The monoisotopic (exact) mass is 746 g/mol. The van der Waals surface area contributed by atoms with E-state index in [-0.39, 0.29) is 17.8 Å². The van der Waals surface area contributed by atoms with Gasteiger partial charge in [0.25, 0.3) is 11.8 Å². The predicted molar refractivity (Wildman–Crippen MR) is 201 cm³/mol. The molecular formula is C40H47ClN4O6S. The van der Waals surface area contributed by atoms with Crippen LogP contribution < -0.4 is 14.4 Å². The van der Waals surface area contributed by atoms with Crippen molar-refractivity contribution in [2.45, 2.75) is 70.7 Å². The summed E-state index contributed by atoms with van der Waals surface area (Å²) >= 11 is 6.55. The summed E-state index contributed by atoms with van der Waals surface area (Å²) in [7, 11) is -1.77. The van der Waals surface area contributed by atoms with Gasteiger partial charge in [0, 0.05) is 49.2 Å². The van der Waals surface area contributed by atoms with Crippen molar-refractivity contribution < 1.29 is 28.0 Å². The maximum Gasteiger partial charge on any atom is 0.286 e. The van der Waals surface area contributed by atoms with Crippen molar-refractivity contribution in [3.63, 3.8) is 0 Å². The molecular weight excluding hydrogens is 700 g/mol. The van der Waals surface area contributed by atoms with E-state index in [1.165, 1.54) is 11.1 Å². The van der Waals surface area contributed by atoms with Crippen LogP contribution >= 0.6 is 11.6 Å². The second-order valence-corrected chi connectivity index (χ2v) is 17.7. The second-order valence-electron chi connectivity index (χ2n) is 15.2. The molecule has 2 saturated carbocycles. The second kappa shape index (κ2) is 14.6. The summed E-state index contributed by atoms with van der Waals surface area (Å²) in [5.74, 6) is 1.09. The number of rotatable bonds is 3. The van der Waals surface area contributed by atoms with Gasteiger partial charge in [-0.05, 0) is 109 Å². The van der Waals surface area contributed by atoms with Gasteiger partial charge in [0.1, 0.15) is 15.7 Å². The van der Waals surface area contributed by atoms with Crippen LogP contribution in [0.1, 0.15) is 82.5 Å². The zero-order chi connectivity index (χ0) is 36.0. The molecule has 10 nitrogen and oxygen atoms in total. The van der Waals surface area contributed by atoms with Crippen LogP contribution in [0.15, 0.2) is 65.2 Å². The number of ether oxygens (including phenoxy) is 3. The number of hydrogen-bond donors (Lipinski definition) is 1. The van der Waals surface area contributed by atoms with Gasteiger partial charge >= 0.3 is 0 Å². The van der Waals surface area contributed by atoms with Crippen molar-refractivity contribution >= 4 is 39.0 Å². The largest absolute Gasteiger partial charge is 0.491 e. The van der Waals surface area contributed by atoms with E-state index in [0.717, 1.165) is 48.6 Å². The average Bonchev–Trinajstić information content (AvgIpc) is 3.74. The molecule has 1 aromatic heterocycles. The third kappa shape index (κ3) is 7.42. The van der Waals surface area contributed by atoms with Gasteiger partial charge in [-0.1, -0.05) is 36.7 Å². The van der Waals surface area contributed by atoms with Crippen molar-refractivity contribution in [3.05, 3.63) is 93.8 Å². The maximum atomic E-state index is 14.7. The van der Waals surface area contributed by atoms with Gasteiger partial charge in [-0.25, -0.2) is 4.21 Å². The summed E-state index contributed by atoms with van der Waals surface area (Å²) in [5, 5.41) is 0.739. The van der Waals surface area contributed by atoms with Crippen LogP contribution in [0, 0.1) is 23.7 Å². The number of carbonyl (C=O) groups excluding carboxylic acids is 2. The highest BCUT2D eigenvalue weighted by Gasteiger charge is 2.41. The number of benzene rings is 2. The van der Waals surface area contributed by atoms with Crippen LogP contribution in [0.25, 0.3) is 0 Å². The fraction of sp³-hybridized carbons (Fsp3) is 0.500. The molecule has 5 aliphatic rings. The minimum atomic E-state index is -3.54. The molecule has 2 aliphatic carbocycles. The summed E-state index contributed by atoms with van der Waals surface area (Å²) in [6, 6.07) is 13.3. The van der Waals surface area contributed by atoms with Crippen LogP contribution in [0.5, 0.6) is 5.75 Å². The first-order valence-corrected chi connectivity index (χ1v) is 20.6. The van der Waals surface area contributed by atoms with Gasteiger partial charge in [0.2, 0.25) is 0 Å². The Bertz CT molecular complexity index is 2000. The summed E-state index contributed by atoms with van der Waals surface area (Å²) in [5.41, 5.74) is 4.83. The first-order chi connectivity index (χ1) is 25.2. The van der Waals surface area contributed by atoms with Crippen LogP contribution in [-0.4, -0.2) is 59.3 Å². The molecule has 3 aromatic rings. The minimum Gasteiger partial charge on any atom is -0.491 e. The molecule has 0 saturated heterocycles. The number of nitrogens with one attached hydrogen (secondary N) is 1. The normalized spacial score (nSPS) is 30.8. The topological polar surface area (TPSA) is 111 Å². The SMILES string of the molecule is CO[C@H]1/C=C/C[C@H](C)CS(=O)(NC(=O)c2cc3n(c2)CCOC3)=NC(=O)c2ccc3c(c2)N(Cc2ccc(Cl)cc2[C@H]2C[C@H]2CCO3)C[C@@H]2CC[C@H]21. The van der Waals surface area contributed by atoms with Crippen LogP contribution in [-0.2, 0) is 39.1 Å². The molecule has 2 bridgehead atoms. The van der Waals surface area contributed by atoms with Crippen LogP contribution in [0.4, 0.5) is 5.69 Å². The Balaban J connectivity index is 1.20. The Labute approximate surface area is 311 Å². The fourth-order valence-electron chi connectivity index (χ4n) is 8.47. The minimum absolute atomic E-state index is 0.0110. The number of carbonyl (C=O) groups is 2. The Kier molecular flexibility index (Phi) is 9.97. The van der Waals surface area contributed by atoms with E-state index in [2.05, 4.69) is 38.3 Å². The van der Waals surface area contributed by atoms with Gasteiger partial charge < -0.3 is 23.7 Å². The van der Waals surface area contributed by atoms with E-state index >= 15 is 0 Å². The quantitative estimate of drug-likeness (QED) is 0.284. The predicted octanol–water partition coefficient (Wildman–Crippen LogP) is 7.15. The number of amides is 2. The summed E-state index contributed by atoms with van der Waals surface area (Å²) in [4.78, 5) is 30.0. The first-order valence-electron chi connectivity index (χ1n) is 18.5. The van der Waals surface area contributed by atoms with Crippen LogP contribution in [0.2, 0.25) is 5.02 Å². The molecule has 7 atom stereocenters. The number of aromatic nitrogens is 1. The highest BCUT2D eigenvalue weighted by molar-refractivity contribution is 7.92. The lowest BCUT2D eigenvalue weighted by Crippen LogP contribution is -2.43. The van der Waals surface area contributed by atoms with Gasteiger partial charge in [-0.3, -0.25) is 14.3 Å². The number of halogens is 1. The van der Waals surface area contributed by atoms with E-state index in [1.807, 2.05) is 29.7 Å². The average molecular weight is 747 g/mol. The number of allylic oxidation sites excluding steroid dienone is 1. The van der Waals surface area contributed by atoms with E-state index < -0.39 is 21.7 Å². The molecule has 52 heavy (non-hydrogen) atoms. The van der Waals surface area contributed by atoms with Gasteiger partial charge in [0.15, 0.2) is 0 Å². The van der Waals surface area contributed by atoms with E-state index in [4.69, 9.17) is 25.8 Å². The summed E-state index contributed by atoms with van der Waals surface area (Å²) in [6.45, 7) is 5.48. The highest BCUT2D eigenvalue weighted by Crippen LogP contribution is 2.52. The van der Waals surface area contributed by atoms with Gasteiger partial charge in [0.05, 0.1) is 42.9 Å². The van der Waals surface area contributed by atoms with Crippen molar-refractivity contribution in [2.75, 3.05) is 37.5 Å². The third-order valence-electron chi connectivity index (χ3n) is 11.5. The number of nitrogens with zero attached hydrogens (tertiary/aromatic N) is 3. The van der Waals surface area contributed by atoms with Crippen molar-refractivity contribution in [1.82, 2.24) is 9.29 Å². The first kappa shape index (κ1) is 35.4. The molecule has 276 valence electrons. The smallest absolute Gasteiger partial charge is 0.286 e. The molecule has 4 heterocycles. The molecule has 1 unspecified atom stereocenters. The lowest BCUT2D eigenvalue weighted by Gasteiger charge is -2.43. The Morgan fingerprint density at radius 1 is 1.10 bits per heavy atom. The van der Waals surface area contributed by atoms with Crippen molar-refractivity contribution in [3.8, 4) is 5.75 Å². The van der Waals surface area contributed by atoms with E-state index in [1.54, 1.807) is 25.4 Å². The number of fused-ring (bicyclic) bond motifs is 6. The standard InChI is InChI=1S/C40H47ClN4O6S/c1-25-4-3-5-37(49-2)33-10-7-28(33)20-45-21-29-6-9-31(41)19-35(29)34-17-26(34)12-14-51-38-11-8-27(18-36(38)45)39(46)42-52(48,24-25)43-40(47)30-16-32-23-50-15-13-44(32)22-30/h3,5-6,8-9,11,16,18-19,22,25-26,28,33-34,37H,4,7,10,12-15,17,20-21,23-24H2,1-2H3,(H,42,43,46,47,48)/b5-3+/t25-,26+,28-,33+,34-,37-,52?/m0/s1. The zero-order valence-corrected chi connectivity index (χ0v) is 31.4. The van der Waals surface area contributed by atoms with Gasteiger partial charge in [-0.15, -0.1) is 4.36 Å². The molecule has 2 amide bonds. The third-order valence-corrected chi connectivity index (χ3v) is 13.8. The Morgan fingerprint density at radius 2 is 1.98 bits per heavy atom. The molecule has 12 heteroatoms. The molecule has 1 N–H and O–H groups in total. The number of methoxy groups -OCH3 is 1. The van der Waals surface area contributed by atoms with Crippen molar-refractivity contribution in [2.24, 2.45) is 28.0 Å². The summed E-state index contributed by atoms with van der Waals surface area (Å²) < 4.78 is 41.7. The molecule has 8 rings (SSSR count). The molecule has 0 radical (unpaired) electrons. The number of anilines is 1. The van der Waals surface area contributed by atoms with E-state index in [9.17, 15) is 13.8 Å². The Morgan fingerprint density at radius 3 is 2.79 bits per heavy atom. The molecule has 0 spiro atoms. The lowest BCUT2D eigenvalue weighted by atomic mass is 9.70. The summed E-state index contributed by atoms with van der Waals surface area (Å²) in [6.07, 6.45) is 10.7. The van der Waals surface area contributed by atoms with E-state index in [0.29, 0.717) is 79.9 Å². The lowest BCUT2D eigenvalue weighted by molar-refractivity contribution is 0.0133. The number of hydrogen-bond acceptors (Lipinski definition) is 7. The van der Waals surface area contributed by atoms with Crippen LogP contribution in [0.3, 0.4) is 0 Å².